The molecule has 0 aliphatic heterocycles. The van der Waals surface area contributed by atoms with Crippen LogP contribution in [0, 0.1) is 13.8 Å². The predicted molar refractivity (Wildman–Crippen MR) is 117 cm³/mol. The Morgan fingerprint density at radius 2 is 1.89 bits per heavy atom. The number of amides is 1. The Bertz CT molecular complexity index is 1020. The second-order valence-electron chi connectivity index (χ2n) is 6.98. The molecule has 3 aromatic rings. The van der Waals surface area contributed by atoms with Crippen molar-refractivity contribution in [1.29, 1.82) is 0 Å². The fraction of sp³-hybridized carbons (Fsp3) is 0.333. The van der Waals surface area contributed by atoms with Gasteiger partial charge >= 0.3 is 0 Å². The van der Waals surface area contributed by atoms with Gasteiger partial charge in [0.25, 0.3) is 5.91 Å². The number of carbonyl (C=O) groups is 1. The molecule has 1 heterocycles. The van der Waals surface area contributed by atoms with E-state index < -0.39 is 0 Å². The van der Waals surface area contributed by atoms with Gasteiger partial charge in [-0.2, -0.15) is 0 Å². The molecule has 0 N–H and O–H groups in total. The first kappa shape index (κ1) is 20.6. The van der Waals surface area contributed by atoms with E-state index in [9.17, 15) is 4.79 Å². The van der Waals surface area contributed by atoms with Gasteiger partial charge in [-0.25, -0.2) is 4.98 Å². The molecule has 7 heteroatoms. The maximum absolute atomic E-state index is 13.3. The van der Waals surface area contributed by atoms with Crippen LogP contribution < -0.4 is 9.64 Å². The number of benzene rings is 2. The first-order valence-electron chi connectivity index (χ1n) is 8.98. The van der Waals surface area contributed by atoms with Gasteiger partial charge in [0, 0.05) is 18.7 Å². The van der Waals surface area contributed by atoms with Gasteiger partial charge in [0.05, 0.1) is 16.8 Å². The van der Waals surface area contributed by atoms with Crippen molar-refractivity contribution in [1.82, 2.24) is 9.88 Å². The lowest BCUT2D eigenvalue weighted by Crippen LogP contribution is -2.36. The Hall–Kier alpha value is -2.15. The number of ether oxygens (including phenoxy) is 1. The minimum atomic E-state index is -0.0703. The van der Waals surface area contributed by atoms with E-state index in [4.69, 9.17) is 21.3 Å². The van der Waals surface area contributed by atoms with Gasteiger partial charge in [-0.3, -0.25) is 9.69 Å². The summed E-state index contributed by atoms with van der Waals surface area (Å²) in [6.07, 6.45) is 0. The molecule has 0 saturated carbocycles. The zero-order chi connectivity index (χ0) is 20.4. The van der Waals surface area contributed by atoms with Crippen LogP contribution >= 0.6 is 22.9 Å². The third-order valence-corrected chi connectivity index (χ3v) is 6.21. The maximum Gasteiger partial charge on any atom is 0.260 e. The van der Waals surface area contributed by atoms with Gasteiger partial charge in [-0.1, -0.05) is 29.0 Å². The van der Waals surface area contributed by atoms with E-state index >= 15 is 0 Å². The quantitative estimate of drug-likeness (QED) is 0.578. The summed E-state index contributed by atoms with van der Waals surface area (Å²) in [5.74, 6) is 0.576. The number of aromatic nitrogens is 1. The number of nitrogens with zero attached hydrogens (tertiary/aromatic N) is 3. The maximum atomic E-state index is 13.3. The van der Waals surface area contributed by atoms with Crippen molar-refractivity contribution in [3.05, 3.63) is 52.0 Å². The molecule has 0 bridgehead atoms. The lowest BCUT2D eigenvalue weighted by molar-refractivity contribution is 0.0985. The average Bonchev–Trinajstić information content (AvgIpc) is 3.10. The molecule has 0 fully saturated rings. The van der Waals surface area contributed by atoms with E-state index in [1.807, 2.05) is 51.0 Å². The molecular weight excluding hydrogens is 394 g/mol. The van der Waals surface area contributed by atoms with Crippen LogP contribution in [0.5, 0.6) is 5.75 Å². The standard InChI is InChI=1S/C21H24ClN3O2S/c1-13-6-7-15(12-14(13)2)20(26)25(11-10-24(3)4)21-23-18-17(27-5)9-8-16(22)19(18)28-21/h6-9,12H,10-11H2,1-5H3. The highest BCUT2D eigenvalue weighted by Crippen LogP contribution is 2.39. The molecule has 0 saturated heterocycles. The molecular formula is C21H24ClN3O2S. The highest BCUT2D eigenvalue weighted by molar-refractivity contribution is 7.23. The second kappa shape index (κ2) is 8.47. The molecule has 0 unspecified atom stereocenters. The van der Waals surface area contributed by atoms with Crippen LogP contribution in [0.25, 0.3) is 10.2 Å². The topological polar surface area (TPSA) is 45.7 Å². The van der Waals surface area contributed by atoms with Gasteiger partial charge in [-0.15, -0.1) is 0 Å². The molecule has 0 spiro atoms. The molecule has 0 radical (unpaired) electrons. The molecule has 5 nitrogen and oxygen atoms in total. The Kier molecular flexibility index (Phi) is 6.23. The molecule has 0 aliphatic rings. The Morgan fingerprint density at radius 1 is 1.14 bits per heavy atom. The van der Waals surface area contributed by atoms with Crippen LogP contribution in [0.15, 0.2) is 30.3 Å². The molecule has 1 aromatic heterocycles. The number of carbonyl (C=O) groups excluding carboxylic acids is 1. The van der Waals surface area contributed by atoms with E-state index in [1.54, 1.807) is 24.1 Å². The number of halogens is 1. The first-order chi connectivity index (χ1) is 13.3. The zero-order valence-electron chi connectivity index (χ0n) is 16.7. The SMILES string of the molecule is COc1ccc(Cl)c2sc(N(CCN(C)C)C(=O)c3ccc(C)c(C)c3)nc12. The van der Waals surface area contributed by atoms with E-state index in [0.29, 0.717) is 33.5 Å². The Balaban J connectivity index is 2.06. The number of thiazole rings is 1. The number of hydrogen-bond donors (Lipinski definition) is 0. The van der Waals surface area contributed by atoms with Crippen molar-refractivity contribution in [2.45, 2.75) is 13.8 Å². The van der Waals surface area contributed by atoms with Crippen LogP contribution in [-0.2, 0) is 0 Å². The number of fused-ring (bicyclic) bond motifs is 1. The van der Waals surface area contributed by atoms with E-state index in [0.717, 1.165) is 22.4 Å². The number of likely N-dealkylation sites (N-methyl/N-ethyl adjacent to an activating group) is 1. The fourth-order valence-electron chi connectivity index (χ4n) is 2.84. The van der Waals surface area contributed by atoms with Gasteiger partial charge < -0.3 is 9.64 Å². The third kappa shape index (κ3) is 4.14. The van der Waals surface area contributed by atoms with E-state index in [-0.39, 0.29) is 5.91 Å². The lowest BCUT2D eigenvalue weighted by Gasteiger charge is -2.22. The van der Waals surface area contributed by atoms with E-state index in [1.165, 1.54) is 11.3 Å². The van der Waals surface area contributed by atoms with Crippen LogP contribution in [0.1, 0.15) is 21.5 Å². The third-order valence-electron chi connectivity index (χ3n) is 4.67. The first-order valence-corrected chi connectivity index (χ1v) is 10.2. The number of rotatable bonds is 6. The van der Waals surface area contributed by atoms with Gasteiger partial charge in [-0.05, 0) is 63.3 Å². The van der Waals surface area contributed by atoms with Crippen molar-refractivity contribution in [3.8, 4) is 5.75 Å². The number of hydrogen-bond acceptors (Lipinski definition) is 5. The largest absolute Gasteiger partial charge is 0.494 e. The highest BCUT2D eigenvalue weighted by Gasteiger charge is 2.23. The van der Waals surface area contributed by atoms with Gasteiger partial charge in [0.1, 0.15) is 11.3 Å². The molecule has 0 atom stereocenters. The highest BCUT2D eigenvalue weighted by atomic mass is 35.5. The van der Waals surface area contributed by atoms with Crippen LogP contribution in [0.4, 0.5) is 5.13 Å². The summed E-state index contributed by atoms with van der Waals surface area (Å²) in [5.41, 5.74) is 3.58. The molecule has 2 aromatic carbocycles. The molecule has 1 amide bonds. The van der Waals surface area contributed by atoms with Crippen LogP contribution in [0.2, 0.25) is 5.02 Å². The van der Waals surface area contributed by atoms with Crippen molar-refractivity contribution < 1.29 is 9.53 Å². The van der Waals surface area contributed by atoms with Gasteiger partial charge in [0.2, 0.25) is 0 Å². The fourth-order valence-corrected chi connectivity index (χ4v) is 4.12. The summed E-state index contributed by atoms with van der Waals surface area (Å²) in [4.78, 5) is 21.8. The monoisotopic (exact) mass is 417 g/mol. The van der Waals surface area contributed by atoms with Crippen molar-refractivity contribution in [2.24, 2.45) is 0 Å². The van der Waals surface area contributed by atoms with Crippen LogP contribution in [0.3, 0.4) is 0 Å². The van der Waals surface area contributed by atoms with E-state index in [2.05, 4.69) is 0 Å². The smallest absolute Gasteiger partial charge is 0.260 e. The van der Waals surface area contributed by atoms with Crippen molar-refractivity contribution >= 4 is 44.2 Å². The molecule has 3 rings (SSSR count). The minimum Gasteiger partial charge on any atom is -0.494 e. The molecule has 28 heavy (non-hydrogen) atoms. The summed E-state index contributed by atoms with van der Waals surface area (Å²) in [5, 5.41) is 1.22. The normalized spacial score (nSPS) is 11.2. The minimum absolute atomic E-state index is 0.0703. The molecule has 148 valence electrons. The summed E-state index contributed by atoms with van der Waals surface area (Å²) < 4.78 is 6.24. The number of anilines is 1. The predicted octanol–water partition coefficient (Wildman–Crippen LogP) is 4.78. The summed E-state index contributed by atoms with van der Waals surface area (Å²) in [7, 11) is 5.57. The Labute approximate surface area is 174 Å². The van der Waals surface area contributed by atoms with Gasteiger partial charge in [0.15, 0.2) is 5.13 Å². The number of aryl methyl sites for hydroxylation is 2. The second-order valence-corrected chi connectivity index (χ2v) is 8.37. The van der Waals surface area contributed by atoms with Crippen molar-refractivity contribution in [3.63, 3.8) is 0 Å². The zero-order valence-corrected chi connectivity index (χ0v) is 18.3. The molecule has 0 aliphatic carbocycles. The Morgan fingerprint density at radius 3 is 2.54 bits per heavy atom. The summed E-state index contributed by atoms with van der Waals surface area (Å²) >= 11 is 7.78. The lowest BCUT2D eigenvalue weighted by atomic mass is 10.1. The number of methoxy groups -OCH3 is 1. The summed E-state index contributed by atoms with van der Waals surface area (Å²) in [6, 6.07) is 9.36. The van der Waals surface area contributed by atoms with Crippen LogP contribution in [-0.4, -0.2) is 50.1 Å². The average molecular weight is 418 g/mol. The summed E-state index contributed by atoms with van der Waals surface area (Å²) in [6.45, 7) is 5.30. The van der Waals surface area contributed by atoms with Crippen molar-refractivity contribution in [2.75, 3.05) is 39.2 Å².